The van der Waals surface area contributed by atoms with Gasteiger partial charge in [-0.15, -0.1) is 10.2 Å². The number of carbonyl (C=O) groups is 1. The standard InChI is InChI=1S/C18H25N5O3S/c1-11-6-5-7-12(2)23(11)18-22-21-17(27-18)20-16(24)19-13-8-9-14(25-3)15(10-13)26-4/h8-12H,5-7H2,1-4H3,(H2,19,20,21,24)/t11-,12-/m1/s1. The smallest absolute Gasteiger partial charge is 0.325 e. The molecule has 0 aliphatic carbocycles. The molecule has 8 nitrogen and oxygen atoms in total. The van der Waals surface area contributed by atoms with Crippen molar-refractivity contribution >= 4 is 33.3 Å². The molecule has 1 aliphatic heterocycles. The first-order valence-electron chi connectivity index (χ1n) is 8.93. The highest BCUT2D eigenvalue weighted by Gasteiger charge is 2.27. The summed E-state index contributed by atoms with van der Waals surface area (Å²) in [6.45, 7) is 4.40. The largest absolute Gasteiger partial charge is 0.493 e. The van der Waals surface area contributed by atoms with Crippen LogP contribution in [0.3, 0.4) is 0 Å². The van der Waals surface area contributed by atoms with Gasteiger partial charge < -0.3 is 19.7 Å². The van der Waals surface area contributed by atoms with Crippen LogP contribution in [-0.4, -0.2) is 42.5 Å². The second-order valence-electron chi connectivity index (χ2n) is 6.57. The van der Waals surface area contributed by atoms with Gasteiger partial charge in [0, 0.05) is 23.8 Å². The summed E-state index contributed by atoms with van der Waals surface area (Å²) in [5.41, 5.74) is 0.591. The van der Waals surface area contributed by atoms with Gasteiger partial charge in [0.15, 0.2) is 11.5 Å². The van der Waals surface area contributed by atoms with Crippen LogP contribution in [0.25, 0.3) is 0 Å². The van der Waals surface area contributed by atoms with Crippen molar-refractivity contribution in [2.45, 2.75) is 45.2 Å². The zero-order chi connectivity index (χ0) is 19.4. The van der Waals surface area contributed by atoms with Gasteiger partial charge >= 0.3 is 6.03 Å². The van der Waals surface area contributed by atoms with Crippen molar-refractivity contribution in [2.75, 3.05) is 29.8 Å². The molecule has 1 fully saturated rings. The molecule has 2 heterocycles. The van der Waals surface area contributed by atoms with Gasteiger partial charge in [-0.1, -0.05) is 11.3 Å². The molecule has 0 saturated carbocycles. The Balaban J connectivity index is 1.64. The molecule has 2 N–H and O–H groups in total. The van der Waals surface area contributed by atoms with Gasteiger partial charge in [-0.2, -0.15) is 0 Å². The van der Waals surface area contributed by atoms with Crippen LogP contribution in [0.2, 0.25) is 0 Å². The molecule has 146 valence electrons. The van der Waals surface area contributed by atoms with Crippen LogP contribution in [0.1, 0.15) is 33.1 Å². The summed E-state index contributed by atoms with van der Waals surface area (Å²) in [5, 5.41) is 15.2. The van der Waals surface area contributed by atoms with E-state index in [-0.39, 0.29) is 6.03 Å². The minimum absolute atomic E-state index is 0.385. The van der Waals surface area contributed by atoms with Crippen molar-refractivity contribution < 1.29 is 14.3 Å². The summed E-state index contributed by atoms with van der Waals surface area (Å²) >= 11 is 1.39. The molecule has 0 radical (unpaired) electrons. The fourth-order valence-corrected chi connectivity index (χ4v) is 4.29. The van der Waals surface area contributed by atoms with Crippen molar-refractivity contribution in [3.8, 4) is 11.5 Å². The van der Waals surface area contributed by atoms with Crippen molar-refractivity contribution in [2.24, 2.45) is 0 Å². The van der Waals surface area contributed by atoms with Crippen LogP contribution in [0.15, 0.2) is 18.2 Å². The molecule has 27 heavy (non-hydrogen) atoms. The maximum Gasteiger partial charge on any atom is 0.325 e. The number of anilines is 3. The lowest BCUT2D eigenvalue weighted by Crippen LogP contribution is -2.43. The van der Waals surface area contributed by atoms with E-state index < -0.39 is 0 Å². The highest BCUT2D eigenvalue weighted by molar-refractivity contribution is 7.19. The van der Waals surface area contributed by atoms with Crippen LogP contribution < -0.4 is 25.0 Å². The number of amides is 2. The van der Waals surface area contributed by atoms with Crippen LogP contribution in [0, 0.1) is 0 Å². The van der Waals surface area contributed by atoms with Gasteiger partial charge in [-0.25, -0.2) is 4.79 Å². The molecule has 2 aromatic rings. The van der Waals surface area contributed by atoms with E-state index in [0.29, 0.717) is 34.4 Å². The number of ether oxygens (including phenoxy) is 2. The van der Waals surface area contributed by atoms with Crippen molar-refractivity contribution in [3.63, 3.8) is 0 Å². The predicted octanol–water partition coefficient (Wildman–Crippen LogP) is 3.97. The predicted molar refractivity (Wildman–Crippen MR) is 107 cm³/mol. The summed E-state index contributed by atoms with van der Waals surface area (Å²) in [6.07, 6.45) is 3.52. The lowest BCUT2D eigenvalue weighted by atomic mass is 9.98. The highest BCUT2D eigenvalue weighted by Crippen LogP contribution is 2.33. The number of piperidine rings is 1. The minimum Gasteiger partial charge on any atom is -0.493 e. The second kappa shape index (κ2) is 8.43. The Morgan fingerprint density at radius 3 is 2.48 bits per heavy atom. The Morgan fingerprint density at radius 1 is 1.11 bits per heavy atom. The molecule has 3 rings (SSSR count). The van der Waals surface area contributed by atoms with Crippen LogP contribution in [0.5, 0.6) is 11.5 Å². The first-order chi connectivity index (χ1) is 13.0. The van der Waals surface area contributed by atoms with Gasteiger partial charge in [0.1, 0.15) is 0 Å². The highest BCUT2D eigenvalue weighted by atomic mass is 32.1. The molecular weight excluding hydrogens is 366 g/mol. The fourth-order valence-electron chi connectivity index (χ4n) is 3.34. The van der Waals surface area contributed by atoms with Crippen molar-refractivity contribution in [1.29, 1.82) is 0 Å². The first-order valence-corrected chi connectivity index (χ1v) is 9.75. The zero-order valence-electron chi connectivity index (χ0n) is 16.0. The Labute approximate surface area is 162 Å². The maximum absolute atomic E-state index is 12.3. The van der Waals surface area contributed by atoms with Gasteiger partial charge in [0.05, 0.1) is 14.2 Å². The summed E-state index contributed by atoms with van der Waals surface area (Å²) in [6, 6.07) is 5.64. The average Bonchev–Trinajstić information content (AvgIpc) is 3.09. The van der Waals surface area contributed by atoms with Crippen LogP contribution in [-0.2, 0) is 0 Å². The number of methoxy groups -OCH3 is 2. The van der Waals surface area contributed by atoms with Crippen LogP contribution in [0.4, 0.5) is 20.7 Å². The van der Waals surface area contributed by atoms with Crippen LogP contribution >= 0.6 is 11.3 Å². The number of nitrogens with zero attached hydrogens (tertiary/aromatic N) is 3. The quantitative estimate of drug-likeness (QED) is 0.802. The zero-order valence-corrected chi connectivity index (χ0v) is 16.8. The van der Waals surface area contributed by atoms with Gasteiger partial charge in [0.2, 0.25) is 10.3 Å². The third-order valence-corrected chi connectivity index (χ3v) is 5.54. The normalized spacial score (nSPS) is 19.5. The Morgan fingerprint density at radius 2 is 1.81 bits per heavy atom. The molecule has 1 saturated heterocycles. The number of benzene rings is 1. The summed E-state index contributed by atoms with van der Waals surface area (Å²) in [4.78, 5) is 14.6. The molecule has 1 aromatic heterocycles. The first kappa shape index (κ1) is 19.2. The summed E-state index contributed by atoms with van der Waals surface area (Å²) < 4.78 is 10.4. The van der Waals surface area contributed by atoms with E-state index in [1.807, 2.05) is 0 Å². The van der Waals surface area contributed by atoms with E-state index in [9.17, 15) is 4.79 Å². The van der Waals surface area contributed by atoms with E-state index in [0.717, 1.165) is 18.0 Å². The molecule has 2 atom stereocenters. The van der Waals surface area contributed by atoms with Gasteiger partial charge in [-0.3, -0.25) is 5.32 Å². The second-order valence-corrected chi connectivity index (χ2v) is 7.53. The lowest BCUT2D eigenvalue weighted by Gasteiger charge is -2.38. The molecule has 0 bridgehead atoms. The summed E-state index contributed by atoms with van der Waals surface area (Å²) in [5.74, 6) is 1.14. The minimum atomic E-state index is -0.385. The molecular formula is C18H25N5O3S. The number of hydrogen-bond donors (Lipinski definition) is 2. The topological polar surface area (TPSA) is 88.6 Å². The van der Waals surface area contributed by atoms with E-state index in [1.54, 1.807) is 32.4 Å². The average molecular weight is 391 g/mol. The Kier molecular flexibility index (Phi) is 6.00. The fraction of sp³-hybridized carbons (Fsp3) is 0.500. The van der Waals surface area contributed by atoms with E-state index in [2.05, 4.69) is 39.6 Å². The number of urea groups is 1. The lowest BCUT2D eigenvalue weighted by molar-refractivity contribution is 0.262. The third-order valence-electron chi connectivity index (χ3n) is 4.69. The molecule has 9 heteroatoms. The number of hydrogen-bond acceptors (Lipinski definition) is 7. The third kappa shape index (κ3) is 4.41. The maximum atomic E-state index is 12.3. The number of carbonyl (C=O) groups excluding carboxylic acids is 1. The molecule has 2 amide bonds. The molecule has 1 aromatic carbocycles. The number of aromatic nitrogens is 2. The van der Waals surface area contributed by atoms with Gasteiger partial charge in [0.25, 0.3) is 0 Å². The SMILES string of the molecule is COc1ccc(NC(=O)Nc2nnc(N3[C@H](C)CCC[C@H]3C)s2)cc1OC. The van der Waals surface area contributed by atoms with E-state index in [1.165, 1.54) is 17.8 Å². The monoisotopic (exact) mass is 391 g/mol. The summed E-state index contributed by atoms with van der Waals surface area (Å²) in [7, 11) is 3.11. The van der Waals surface area contributed by atoms with Crippen molar-refractivity contribution in [3.05, 3.63) is 18.2 Å². The van der Waals surface area contributed by atoms with E-state index in [4.69, 9.17) is 9.47 Å². The molecule has 1 aliphatic rings. The Bertz CT molecular complexity index is 787. The van der Waals surface area contributed by atoms with Gasteiger partial charge in [-0.05, 0) is 45.2 Å². The molecule has 0 spiro atoms. The Hall–Kier alpha value is -2.55. The van der Waals surface area contributed by atoms with Crippen molar-refractivity contribution in [1.82, 2.24) is 10.2 Å². The number of nitrogens with one attached hydrogen (secondary N) is 2. The van der Waals surface area contributed by atoms with E-state index >= 15 is 0 Å². The molecule has 0 unspecified atom stereocenters. The number of rotatable bonds is 5.